The molecule has 1 fully saturated rings. The molecule has 2 N–H and O–H groups in total. The third-order valence-corrected chi connectivity index (χ3v) is 6.92. The molecule has 1 atom stereocenters. The quantitative estimate of drug-likeness (QED) is 0.814. The Morgan fingerprint density at radius 3 is 2.17 bits per heavy atom. The van der Waals surface area contributed by atoms with Crippen LogP contribution >= 0.6 is 0 Å². The minimum absolute atomic E-state index is 0.0441. The molecule has 8 heteroatoms. The molecule has 1 aliphatic carbocycles. The molecule has 2 aliphatic rings. The fourth-order valence-electron chi connectivity index (χ4n) is 4.21. The van der Waals surface area contributed by atoms with E-state index in [9.17, 15) is 18.0 Å². The average molecular weight is 428 g/mol. The molecule has 1 aliphatic heterocycles. The van der Waals surface area contributed by atoms with Crippen LogP contribution in [0.2, 0.25) is 0 Å². The summed E-state index contributed by atoms with van der Waals surface area (Å²) in [7, 11) is -3.76. The number of hydrogen-bond acceptors (Lipinski definition) is 4. The van der Waals surface area contributed by atoms with Crippen molar-refractivity contribution in [3.05, 3.63) is 42.5 Å². The van der Waals surface area contributed by atoms with Crippen LogP contribution in [-0.2, 0) is 19.6 Å². The maximum atomic E-state index is 13.1. The number of nitrogens with two attached hydrogens (primary N) is 1. The number of rotatable bonds is 3. The maximum absolute atomic E-state index is 13.1. The van der Waals surface area contributed by atoms with E-state index in [2.05, 4.69) is 0 Å². The van der Waals surface area contributed by atoms with Gasteiger partial charge < -0.3 is 9.80 Å². The topological polar surface area (TPSA) is 101 Å². The first kappa shape index (κ1) is 20.6. The highest BCUT2D eigenvalue weighted by atomic mass is 32.2. The van der Waals surface area contributed by atoms with Gasteiger partial charge in [0.15, 0.2) is 0 Å². The van der Waals surface area contributed by atoms with Gasteiger partial charge in [0.05, 0.1) is 22.3 Å². The Morgan fingerprint density at radius 1 is 1.00 bits per heavy atom. The van der Waals surface area contributed by atoms with Crippen molar-refractivity contribution in [1.29, 1.82) is 0 Å². The summed E-state index contributed by atoms with van der Waals surface area (Å²) >= 11 is 0. The van der Waals surface area contributed by atoms with Crippen molar-refractivity contribution < 1.29 is 18.0 Å². The minimum atomic E-state index is -3.76. The molecule has 2 amide bonds. The van der Waals surface area contributed by atoms with Crippen LogP contribution in [0.15, 0.2) is 47.4 Å². The molecule has 30 heavy (non-hydrogen) atoms. The lowest BCUT2D eigenvalue weighted by atomic mass is 9.84. The van der Waals surface area contributed by atoms with Crippen molar-refractivity contribution >= 4 is 33.2 Å². The van der Waals surface area contributed by atoms with Gasteiger partial charge in [-0.05, 0) is 55.2 Å². The number of sulfonamides is 1. The van der Waals surface area contributed by atoms with Crippen LogP contribution in [0.4, 0.5) is 11.4 Å². The lowest BCUT2D eigenvalue weighted by molar-refractivity contribution is -0.125. The summed E-state index contributed by atoms with van der Waals surface area (Å²) in [5.74, 6) is 0.0932. The van der Waals surface area contributed by atoms with Crippen LogP contribution in [-0.4, -0.2) is 32.8 Å². The molecule has 2 aromatic rings. The summed E-state index contributed by atoms with van der Waals surface area (Å²) in [4.78, 5) is 29.0. The van der Waals surface area contributed by atoms with Crippen molar-refractivity contribution in [2.75, 3.05) is 16.3 Å². The maximum Gasteiger partial charge on any atom is 0.238 e. The summed E-state index contributed by atoms with van der Waals surface area (Å²) < 4.78 is 23.0. The van der Waals surface area contributed by atoms with Crippen LogP contribution in [0.1, 0.15) is 33.1 Å². The summed E-state index contributed by atoms with van der Waals surface area (Å²) in [6, 6.07) is 11.8. The Balaban J connectivity index is 1.78. The van der Waals surface area contributed by atoms with E-state index in [1.165, 1.54) is 19.1 Å². The van der Waals surface area contributed by atoms with Gasteiger partial charge in [0.2, 0.25) is 21.8 Å². The zero-order valence-electron chi connectivity index (χ0n) is 17.0. The number of nitrogens with zero attached hydrogens (tertiary/aromatic N) is 2. The lowest BCUT2D eigenvalue weighted by Gasteiger charge is -2.43. The molecule has 1 heterocycles. The molecular formula is C22H25N3O4S. The van der Waals surface area contributed by atoms with Crippen LogP contribution in [0, 0.1) is 5.92 Å². The fraction of sp³-hybridized carbons (Fsp3) is 0.364. The van der Waals surface area contributed by atoms with Gasteiger partial charge in [-0.1, -0.05) is 24.6 Å². The van der Waals surface area contributed by atoms with Gasteiger partial charge in [-0.25, -0.2) is 13.6 Å². The molecule has 7 nitrogen and oxygen atoms in total. The molecule has 4 rings (SSSR count). The number of hydrogen-bond donors (Lipinski definition) is 1. The van der Waals surface area contributed by atoms with E-state index < -0.39 is 10.0 Å². The summed E-state index contributed by atoms with van der Waals surface area (Å²) in [6.07, 6.45) is 2.89. The van der Waals surface area contributed by atoms with Gasteiger partial charge in [-0.3, -0.25) is 9.59 Å². The van der Waals surface area contributed by atoms with Gasteiger partial charge in [0, 0.05) is 19.4 Å². The Kier molecular flexibility index (Phi) is 5.15. The Bertz CT molecular complexity index is 1110. The smallest absolute Gasteiger partial charge is 0.238 e. The van der Waals surface area contributed by atoms with Crippen LogP contribution in [0.5, 0.6) is 0 Å². The lowest BCUT2D eigenvalue weighted by Crippen LogP contribution is -2.53. The molecule has 1 unspecified atom stereocenters. The number of fused-ring (bicyclic) bond motifs is 1. The number of benzene rings is 2. The summed E-state index contributed by atoms with van der Waals surface area (Å²) in [5, 5.41) is 5.18. The third-order valence-electron chi connectivity index (χ3n) is 5.99. The van der Waals surface area contributed by atoms with Crippen LogP contribution in [0.3, 0.4) is 0 Å². The van der Waals surface area contributed by atoms with Gasteiger partial charge in [-0.15, -0.1) is 0 Å². The predicted octanol–water partition coefficient (Wildman–Crippen LogP) is 2.89. The normalized spacial score (nSPS) is 19.2. The number of carbonyl (C=O) groups is 2. The van der Waals surface area contributed by atoms with Crippen molar-refractivity contribution in [1.82, 2.24) is 0 Å². The fourth-order valence-corrected chi connectivity index (χ4v) is 4.72. The summed E-state index contributed by atoms with van der Waals surface area (Å²) in [5.41, 5.74) is 3.07. The van der Waals surface area contributed by atoms with E-state index >= 15 is 0 Å². The molecule has 0 bridgehead atoms. The van der Waals surface area contributed by atoms with E-state index in [0.717, 1.165) is 36.1 Å². The standard InChI is InChI=1S/C22H25N3O4S/c1-14-13-24(22(27)17-4-3-5-17)21-12-18(8-11-20(21)25(14)15(2)26)16-6-9-19(10-7-16)30(23,28)29/h6-12,14,17H,3-5,13H2,1-2H3,(H2,23,28,29). The van der Waals surface area contributed by atoms with Gasteiger partial charge in [-0.2, -0.15) is 0 Å². The minimum Gasteiger partial charge on any atom is -0.308 e. The Labute approximate surface area is 176 Å². The van der Waals surface area contributed by atoms with Crippen molar-refractivity contribution in [3.63, 3.8) is 0 Å². The van der Waals surface area contributed by atoms with Gasteiger partial charge >= 0.3 is 0 Å². The molecule has 1 saturated carbocycles. The number of amides is 2. The molecule has 0 radical (unpaired) electrons. The second-order valence-electron chi connectivity index (χ2n) is 8.09. The zero-order valence-corrected chi connectivity index (χ0v) is 17.9. The molecule has 0 aromatic heterocycles. The second-order valence-corrected chi connectivity index (χ2v) is 9.65. The van der Waals surface area contributed by atoms with Gasteiger partial charge in [0.1, 0.15) is 0 Å². The third kappa shape index (κ3) is 3.61. The molecule has 158 valence electrons. The first-order chi connectivity index (χ1) is 14.2. The predicted molar refractivity (Wildman–Crippen MR) is 116 cm³/mol. The summed E-state index contributed by atoms with van der Waals surface area (Å²) in [6.45, 7) is 3.94. The molecule has 2 aromatic carbocycles. The Morgan fingerprint density at radius 2 is 1.63 bits per heavy atom. The van der Waals surface area contributed by atoms with Crippen LogP contribution < -0.4 is 14.9 Å². The van der Waals surface area contributed by atoms with E-state index in [1.54, 1.807) is 17.0 Å². The van der Waals surface area contributed by atoms with Crippen molar-refractivity contribution in [2.24, 2.45) is 11.1 Å². The molecule has 0 saturated heterocycles. The second kappa shape index (κ2) is 7.52. The zero-order chi connectivity index (χ0) is 21.6. The van der Waals surface area contributed by atoms with E-state index in [-0.39, 0.29) is 28.7 Å². The average Bonchev–Trinajstić information content (AvgIpc) is 2.64. The first-order valence-corrected chi connectivity index (χ1v) is 11.6. The highest BCUT2D eigenvalue weighted by Crippen LogP contribution is 2.41. The highest BCUT2D eigenvalue weighted by molar-refractivity contribution is 7.89. The van der Waals surface area contributed by atoms with E-state index in [4.69, 9.17) is 5.14 Å². The number of primary sulfonamides is 1. The largest absolute Gasteiger partial charge is 0.308 e. The molecular weight excluding hydrogens is 402 g/mol. The first-order valence-electron chi connectivity index (χ1n) is 10.1. The van der Waals surface area contributed by atoms with E-state index in [1.807, 2.05) is 30.0 Å². The van der Waals surface area contributed by atoms with Crippen molar-refractivity contribution in [3.8, 4) is 11.1 Å². The molecule has 0 spiro atoms. The highest BCUT2D eigenvalue weighted by Gasteiger charge is 2.37. The SMILES string of the molecule is CC(=O)N1c2ccc(-c3ccc(S(N)(=O)=O)cc3)cc2N(C(=O)C2CCC2)CC1C. The van der Waals surface area contributed by atoms with E-state index in [0.29, 0.717) is 12.2 Å². The van der Waals surface area contributed by atoms with Gasteiger partial charge in [0.25, 0.3) is 0 Å². The van der Waals surface area contributed by atoms with Crippen LogP contribution in [0.25, 0.3) is 11.1 Å². The number of carbonyl (C=O) groups excluding carboxylic acids is 2. The Hall–Kier alpha value is -2.71. The van der Waals surface area contributed by atoms with Crippen molar-refractivity contribution in [2.45, 2.75) is 44.0 Å². The monoisotopic (exact) mass is 427 g/mol. The number of anilines is 2.